The maximum absolute atomic E-state index is 12.2. The van der Waals surface area contributed by atoms with E-state index in [-0.39, 0.29) is 5.78 Å². The van der Waals surface area contributed by atoms with Crippen LogP contribution in [0.3, 0.4) is 0 Å². The molecule has 0 unspecified atom stereocenters. The molecule has 1 aromatic carbocycles. The first kappa shape index (κ1) is 14.4. The average molecular weight is 281 g/mol. The molecule has 1 aromatic rings. The Balaban J connectivity index is 1.92. The summed E-state index contributed by atoms with van der Waals surface area (Å²) in [4.78, 5) is 12.2. The second kappa shape index (κ2) is 6.95. The van der Waals surface area contributed by atoms with Crippen molar-refractivity contribution in [1.82, 2.24) is 0 Å². The van der Waals surface area contributed by atoms with Crippen LogP contribution in [0, 0.1) is 5.92 Å². The molecule has 1 aliphatic rings. The van der Waals surface area contributed by atoms with Crippen molar-refractivity contribution in [3.8, 4) is 5.75 Å². The fraction of sp³-hybridized carbons (Fsp3) is 0.562. The number of hydrogen-bond acceptors (Lipinski definition) is 2. The van der Waals surface area contributed by atoms with E-state index in [1.165, 1.54) is 32.1 Å². The number of Topliss-reactive ketones (excluding diaryl/α,β-unsaturated/α-hetero) is 1. The van der Waals surface area contributed by atoms with Crippen LogP contribution in [0.1, 0.15) is 55.3 Å². The van der Waals surface area contributed by atoms with Gasteiger partial charge in [0.25, 0.3) is 0 Å². The first-order chi connectivity index (χ1) is 9.20. The average Bonchev–Trinajstić information content (AvgIpc) is 2.45. The van der Waals surface area contributed by atoms with Crippen molar-refractivity contribution in [2.75, 3.05) is 7.11 Å². The van der Waals surface area contributed by atoms with Crippen LogP contribution in [-0.4, -0.2) is 12.9 Å². The number of benzene rings is 1. The number of rotatable bonds is 5. The smallest absolute Gasteiger partial charge is 0.164 e. The van der Waals surface area contributed by atoms with E-state index in [0.29, 0.717) is 22.8 Å². The van der Waals surface area contributed by atoms with Crippen molar-refractivity contribution >= 4 is 17.4 Å². The molecule has 1 saturated carbocycles. The lowest BCUT2D eigenvalue weighted by molar-refractivity contribution is 0.0970. The summed E-state index contributed by atoms with van der Waals surface area (Å²) in [5, 5.41) is 0.494. The molecular formula is C16H21ClO2. The predicted octanol–water partition coefficient (Wildman–Crippen LogP) is 4.89. The molecule has 0 saturated heterocycles. The highest BCUT2D eigenvalue weighted by molar-refractivity contribution is 6.34. The summed E-state index contributed by atoms with van der Waals surface area (Å²) >= 11 is 6.12. The van der Waals surface area contributed by atoms with E-state index in [9.17, 15) is 4.79 Å². The second-order valence-electron chi connectivity index (χ2n) is 5.31. The van der Waals surface area contributed by atoms with E-state index in [0.717, 1.165) is 12.3 Å². The van der Waals surface area contributed by atoms with Gasteiger partial charge in [0.1, 0.15) is 5.75 Å². The fourth-order valence-corrected chi connectivity index (χ4v) is 3.07. The molecule has 19 heavy (non-hydrogen) atoms. The molecule has 0 spiro atoms. The molecule has 0 bridgehead atoms. The largest absolute Gasteiger partial charge is 0.497 e. The lowest BCUT2D eigenvalue weighted by Gasteiger charge is -2.21. The normalized spacial score (nSPS) is 16.3. The van der Waals surface area contributed by atoms with Crippen LogP contribution in [0.4, 0.5) is 0 Å². The summed E-state index contributed by atoms with van der Waals surface area (Å²) in [6, 6.07) is 5.26. The molecule has 0 radical (unpaired) electrons. The standard InChI is InChI=1S/C16H21ClO2/c1-19-13-8-9-14(15(17)11-13)16(18)10-7-12-5-3-2-4-6-12/h8-9,11-12H,2-7,10H2,1H3. The molecule has 0 amide bonds. The highest BCUT2D eigenvalue weighted by Gasteiger charge is 2.17. The maximum atomic E-state index is 12.2. The summed E-state index contributed by atoms with van der Waals surface area (Å²) in [7, 11) is 1.59. The molecule has 0 heterocycles. The van der Waals surface area contributed by atoms with E-state index in [1.54, 1.807) is 25.3 Å². The van der Waals surface area contributed by atoms with Crippen LogP contribution in [0.2, 0.25) is 5.02 Å². The number of carbonyl (C=O) groups excluding carboxylic acids is 1. The Labute approximate surface area is 120 Å². The van der Waals surface area contributed by atoms with Gasteiger partial charge in [-0.15, -0.1) is 0 Å². The van der Waals surface area contributed by atoms with E-state index in [1.807, 2.05) is 0 Å². The lowest BCUT2D eigenvalue weighted by atomic mass is 9.85. The third-order valence-corrected chi connectivity index (χ3v) is 4.29. The van der Waals surface area contributed by atoms with Crippen LogP contribution in [-0.2, 0) is 0 Å². The molecule has 2 nitrogen and oxygen atoms in total. The summed E-state index contributed by atoms with van der Waals surface area (Å²) < 4.78 is 5.09. The van der Waals surface area contributed by atoms with Gasteiger partial charge in [0.2, 0.25) is 0 Å². The third-order valence-electron chi connectivity index (χ3n) is 3.98. The van der Waals surface area contributed by atoms with Gasteiger partial charge in [-0.2, -0.15) is 0 Å². The number of halogens is 1. The van der Waals surface area contributed by atoms with Crippen LogP contribution >= 0.6 is 11.6 Å². The zero-order valence-corrected chi connectivity index (χ0v) is 12.2. The number of methoxy groups -OCH3 is 1. The molecule has 1 fully saturated rings. The topological polar surface area (TPSA) is 26.3 Å². The Morgan fingerprint density at radius 2 is 2.05 bits per heavy atom. The Hall–Kier alpha value is -1.02. The molecular weight excluding hydrogens is 260 g/mol. The van der Waals surface area contributed by atoms with Crippen molar-refractivity contribution in [2.45, 2.75) is 44.9 Å². The number of hydrogen-bond donors (Lipinski definition) is 0. The predicted molar refractivity (Wildman–Crippen MR) is 78.1 cm³/mol. The van der Waals surface area contributed by atoms with E-state index in [4.69, 9.17) is 16.3 Å². The maximum Gasteiger partial charge on any atom is 0.164 e. The number of carbonyl (C=O) groups is 1. The van der Waals surface area contributed by atoms with Gasteiger partial charge in [-0.3, -0.25) is 4.79 Å². The van der Waals surface area contributed by atoms with E-state index in [2.05, 4.69) is 0 Å². The molecule has 0 N–H and O–H groups in total. The van der Waals surface area contributed by atoms with Gasteiger partial charge in [-0.05, 0) is 30.5 Å². The minimum Gasteiger partial charge on any atom is -0.497 e. The van der Waals surface area contributed by atoms with Gasteiger partial charge in [-0.25, -0.2) is 0 Å². The Morgan fingerprint density at radius 3 is 2.68 bits per heavy atom. The van der Waals surface area contributed by atoms with Crippen LogP contribution in [0.15, 0.2) is 18.2 Å². The summed E-state index contributed by atoms with van der Waals surface area (Å²) in [5.74, 6) is 1.57. The fourth-order valence-electron chi connectivity index (χ4n) is 2.79. The number of ketones is 1. The van der Waals surface area contributed by atoms with Gasteiger partial charge >= 0.3 is 0 Å². The van der Waals surface area contributed by atoms with Crippen molar-refractivity contribution in [3.05, 3.63) is 28.8 Å². The summed E-state index contributed by atoms with van der Waals surface area (Å²) in [5.41, 5.74) is 0.623. The molecule has 2 rings (SSSR count). The third kappa shape index (κ3) is 3.97. The molecule has 0 atom stereocenters. The molecule has 104 valence electrons. The number of ether oxygens (including phenoxy) is 1. The highest BCUT2D eigenvalue weighted by atomic mass is 35.5. The first-order valence-corrected chi connectivity index (χ1v) is 7.45. The SMILES string of the molecule is COc1ccc(C(=O)CCC2CCCCC2)c(Cl)c1. The zero-order chi connectivity index (χ0) is 13.7. The molecule has 1 aliphatic carbocycles. The van der Waals surface area contributed by atoms with Gasteiger partial charge < -0.3 is 4.74 Å². The van der Waals surface area contributed by atoms with Crippen LogP contribution < -0.4 is 4.74 Å². The molecule has 0 aliphatic heterocycles. The molecule has 3 heteroatoms. The Bertz CT molecular complexity index is 436. The van der Waals surface area contributed by atoms with Crippen LogP contribution in [0.5, 0.6) is 5.75 Å². The monoisotopic (exact) mass is 280 g/mol. The highest BCUT2D eigenvalue weighted by Crippen LogP contribution is 2.29. The van der Waals surface area contributed by atoms with Gasteiger partial charge in [0.15, 0.2) is 5.78 Å². The summed E-state index contributed by atoms with van der Waals surface area (Å²) in [6.45, 7) is 0. The van der Waals surface area contributed by atoms with E-state index >= 15 is 0 Å². The van der Waals surface area contributed by atoms with Crippen molar-refractivity contribution in [2.24, 2.45) is 5.92 Å². The molecule has 0 aromatic heterocycles. The minimum absolute atomic E-state index is 0.151. The van der Waals surface area contributed by atoms with Gasteiger partial charge in [0.05, 0.1) is 12.1 Å². The van der Waals surface area contributed by atoms with Crippen molar-refractivity contribution < 1.29 is 9.53 Å². The van der Waals surface area contributed by atoms with Gasteiger partial charge in [0, 0.05) is 12.0 Å². The lowest BCUT2D eigenvalue weighted by Crippen LogP contribution is -2.09. The Morgan fingerprint density at radius 1 is 1.32 bits per heavy atom. The minimum atomic E-state index is 0.151. The van der Waals surface area contributed by atoms with E-state index < -0.39 is 0 Å². The van der Waals surface area contributed by atoms with Crippen molar-refractivity contribution in [3.63, 3.8) is 0 Å². The van der Waals surface area contributed by atoms with Crippen molar-refractivity contribution in [1.29, 1.82) is 0 Å². The first-order valence-electron chi connectivity index (χ1n) is 7.07. The quantitative estimate of drug-likeness (QED) is 0.718. The Kier molecular flexibility index (Phi) is 5.26. The van der Waals surface area contributed by atoms with Crippen LogP contribution in [0.25, 0.3) is 0 Å². The van der Waals surface area contributed by atoms with Gasteiger partial charge in [-0.1, -0.05) is 43.7 Å². The summed E-state index contributed by atoms with van der Waals surface area (Å²) in [6.07, 6.45) is 8.17. The second-order valence-corrected chi connectivity index (χ2v) is 5.72. The zero-order valence-electron chi connectivity index (χ0n) is 11.5.